The summed E-state index contributed by atoms with van der Waals surface area (Å²) in [6.45, 7) is 5.52. The first-order valence-corrected chi connectivity index (χ1v) is 5.83. The second-order valence-electron chi connectivity index (χ2n) is 4.63. The van der Waals surface area contributed by atoms with Gasteiger partial charge < -0.3 is 10.4 Å². The number of anilines is 1. The fourth-order valence-corrected chi connectivity index (χ4v) is 1.79. The number of hydrogen-bond donors (Lipinski definition) is 2. The molecule has 1 amide bonds. The van der Waals surface area contributed by atoms with E-state index in [9.17, 15) is 9.59 Å². The summed E-state index contributed by atoms with van der Waals surface area (Å²) < 4.78 is 0. The van der Waals surface area contributed by atoms with Crippen molar-refractivity contribution in [2.75, 3.05) is 5.32 Å². The van der Waals surface area contributed by atoms with Crippen LogP contribution in [0.15, 0.2) is 12.1 Å². The topological polar surface area (TPSA) is 79.3 Å². The molecule has 0 fully saturated rings. The van der Waals surface area contributed by atoms with Crippen LogP contribution in [0.4, 0.5) is 5.82 Å². The number of nitrogens with one attached hydrogen (secondary N) is 1. The maximum absolute atomic E-state index is 11.7. The number of carboxylic acid groups (broad SMARTS) is 1. The molecule has 0 aliphatic carbocycles. The molecule has 0 saturated heterocycles. The molecule has 0 aromatic carbocycles. The number of pyridine rings is 1. The molecule has 0 radical (unpaired) electrons. The quantitative estimate of drug-likeness (QED) is 0.839. The number of aliphatic carboxylic acids is 1. The van der Waals surface area contributed by atoms with Crippen molar-refractivity contribution in [2.24, 2.45) is 5.92 Å². The third-order valence-electron chi connectivity index (χ3n) is 2.42. The summed E-state index contributed by atoms with van der Waals surface area (Å²) >= 11 is 0. The fraction of sp³-hybridized carbons (Fsp3) is 0.462. The van der Waals surface area contributed by atoms with Gasteiger partial charge in [-0.3, -0.25) is 9.59 Å². The second-order valence-corrected chi connectivity index (χ2v) is 4.63. The van der Waals surface area contributed by atoms with Crippen molar-refractivity contribution < 1.29 is 14.7 Å². The van der Waals surface area contributed by atoms with Crippen LogP contribution < -0.4 is 5.32 Å². The van der Waals surface area contributed by atoms with E-state index in [-0.39, 0.29) is 24.7 Å². The molecule has 0 saturated carbocycles. The predicted octanol–water partition coefficient (Wildman–Crippen LogP) is 2.14. The number of nitrogens with zero attached hydrogens (tertiary/aromatic N) is 1. The summed E-state index contributed by atoms with van der Waals surface area (Å²) in [7, 11) is 0. The van der Waals surface area contributed by atoms with Gasteiger partial charge in [-0.2, -0.15) is 0 Å². The Bertz CT molecular complexity index is 437. The highest BCUT2D eigenvalue weighted by Gasteiger charge is 2.13. The Morgan fingerprint density at radius 1 is 1.33 bits per heavy atom. The number of carboxylic acids is 1. The van der Waals surface area contributed by atoms with Gasteiger partial charge in [0.2, 0.25) is 5.91 Å². The molecule has 5 nitrogen and oxygen atoms in total. The lowest BCUT2D eigenvalue weighted by molar-refractivity contribution is -0.138. The van der Waals surface area contributed by atoms with Crippen LogP contribution in [-0.4, -0.2) is 22.0 Å². The number of aromatic nitrogens is 1. The van der Waals surface area contributed by atoms with E-state index >= 15 is 0 Å². The van der Waals surface area contributed by atoms with Crippen LogP contribution in [0, 0.1) is 19.8 Å². The van der Waals surface area contributed by atoms with Gasteiger partial charge >= 0.3 is 5.97 Å². The molecule has 5 heteroatoms. The van der Waals surface area contributed by atoms with Crippen LogP contribution in [0.1, 0.15) is 31.0 Å². The average molecular weight is 250 g/mol. The Balaban J connectivity index is 2.56. The predicted molar refractivity (Wildman–Crippen MR) is 68.4 cm³/mol. The maximum atomic E-state index is 11.7. The third-order valence-corrected chi connectivity index (χ3v) is 2.42. The van der Waals surface area contributed by atoms with Crippen molar-refractivity contribution in [2.45, 2.75) is 33.6 Å². The molecular weight excluding hydrogens is 232 g/mol. The SMILES string of the molecule is Cc1cc(C)nc(NC(=O)CC(C)CC(=O)O)c1. The van der Waals surface area contributed by atoms with Gasteiger partial charge in [0.15, 0.2) is 0 Å². The van der Waals surface area contributed by atoms with Crippen LogP contribution in [0.25, 0.3) is 0 Å². The number of rotatable bonds is 5. The van der Waals surface area contributed by atoms with Gasteiger partial charge in [-0.05, 0) is 37.5 Å². The van der Waals surface area contributed by atoms with E-state index in [0.717, 1.165) is 11.3 Å². The average Bonchev–Trinajstić information content (AvgIpc) is 2.12. The zero-order valence-corrected chi connectivity index (χ0v) is 10.9. The molecule has 1 heterocycles. The number of hydrogen-bond acceptors (Lipinski definition) is 3. The summed E-state index contributed by atoms with van der Waals surface area (Å²) in [5.41, 5.74) is 1.86. The smallest absolute Gasteiger partial charge is 0.303 e. The lowest BCUT2D eigenvalue weighted by Crippen LogP contribution is -2.17. The molecule has 1 aromatic heterocycles. The molecule has 1 aromatic rings. The van der Waals surface area contributed by atoms with Gasteiger partial charge in [-0.15, -0.1) is 0 Å². The summed E-state index contributed by atoms with van der Waals surface area (Å²) in [6.07, 6.45) is 0.175. The van der Waals surface area contributed by atoms with Gasteiger partial charge in [0.25, 0.3) is 0 Å². The Labute approximate surface area is 106 Å². The van der Waals surface area contributed by atoms with E-state index in [0.29, 0.717) is 5.82 Å². The van der Waals surface area contributed by atoms with Crippen LogP contribution >= 0.6 is 0 Å². The van der Waals surface area contributed by atoms with Crippen molar-refractivity contribution in [1.29, 1.82) is 0 Å². The van der Waals surface area contributed by atoms with Crippen LogP contribution in [0.5, 0.6) is 0 Å². The Morgan fingerprint density at radius 2 is 2.00 bits per heavy atom. The lowest BCUT2D eigenvalue weighted by Gasteiger charge is -2.09. The van der Waals surface area contributed by atoms with Crippen molar-refractivity contribution in [3.63, 3.8) is 0 Å². The van der Waals surface area contributed by atoms with Gasteiger partial charge in [0.1, 0.15) is 5.82 Å². The zero-order chi connectivity index (χ0) is 13.7. The van der Waals surface area contributed by atoms with E-state index < -0.39 is 5.97 Å². The van der Waals surface area contributed by atoms with E-state index in [1.165, 1.54) is 0 Å². The summed E-state index contributed by atoms with van der Waals surface area (Å²) in [5.74, 6) is -0.769. The maximum Gasteiger partial charge on any atom is 0.303 e. The molecule has 1 unspecified atom stereocenters. The van der Waals surface area contributed by atoms with Gasteiger partial charge in [0, 0.05) is 18.5 Å². The molecule has 0 bridgehead atoms. The molecule has 2 N–H and O–H groups in total. The van der Waals surface area contributed by atoms with Gasteiger partial charge in [-0.25, -0.2) is 4.98 Å². The van der Waals surface area contributed by atoms with E-state index in [2.05, 4.69) is 10.3 Å². The van der Waals surface area contributed by atoms with Crippen LogP contribution in [0.2, 0.25) is 0 Å². The highest BCUT2D eigenvalue weighted by atomic mass is 16.4. The number of carbonyl (C=O) groups excluding carboxylic acids is 1. The molecular formula is C13H18N2O3. The Morgan fingerprint density at radius 3 is 2.56 bits per heavy atom. The largest absolute Gasteiger partial charge is 0.481 e. The molecule has 0 spiro atoms. The first-order valence-electron chi connectivity index (χ1n) is 5.83. The highest BCUT2D eigenvalue weighted by Crippen LogP contribution is 2.12. The fourth-order valence-electron chi connectivity index (χ4n) is 1.79. The number of amides is 1. The van der Waals surface area contributed by atoms with Crippen molar-refractivity contribution >= 4 is 17.7 Å². The highest BCUT2D eigenvalue weighted by molar-refractivity contribution is 5.90. The minimum atomic E-state index is -0.889. The van der Waals surface area contributed by atoms with E-state index in [4.69, 9.17) is 5.11 Å². The Hall–Kier alpha value is -1.91. The lowest BCUT2D eigenvalue weighted by atomic mass is 10.0. The van der Waals surface area contributed by atoms with Crippen LogP contribution in [-0.2, 0) is 9.59 Å². The second kappa shape index (κ2) is 6.14. The zero-order valence-electron chi connectivity index (χ0n) is 10.9. The monoisotopic (exact) mass is 250 g/mol. The molecule has 0 aliphatic rings. The number of aryl methyl sites for hydroxylation is 2. The van der Waals surface area contributed by atoms with Gasteiger partial charge in [0.05, 0.1) is 0 Å². The van der Waals surface area contributed by atoms with Gasteiger partial charge in [-0.1, -0.05) is 6.92 Å². The normalized spacial score (nSPS) is 11.9. The molecule has 1 atom stereocenters. The minimum absolute atomic E-state index is 0.00626. The molecule has 1 rings (SSSR count). The molecule has 0 aliphatic heterocycles. The summed E-state index contributed by atoms with van der Waals surface area (Å²) in [4.78, 5) is 26.4. The van der Waals surface area contributed by atoms with Crippen molar-refractivity contribution in [3.05, 3.63) is 23.4 Å². The standard InChI is InChI=1S/C13H18N2O3/c1-8-4-10(3)14-11(5-8)15-12(16)6-9(2)7-13(17)18/h4-5,9H,6-7H2,1-3H3,(H,17,18)(H,14,15,16). The van der Waals surface area contributed by atoms with Crippen molar-refractivity contribution in [3.8, 4) is 0 Å². The van der Waals surface area contributed by atoms with Crippen LogP contribution in [0.3, 0.4) is 0 Å². The van der Waals surface area contributed by atoms with Crippen molar-refractivity contribution in [1.82, 2.24) is 4.98 Å². The van der Waals surface area contributed by atoms with E-state index in [1.807, 2.05) is 19.9 Å². The number of carbonyl (C=O) groups is 2. The summed E-state index contributed by atoms with van der Waals surface area (Å²) in [5, 5.41) is 11.3. The first-order chi connectivity index (χ1) is 8.36. The summed E-state index contributed by atoms with van der Waals surface area (Å²) in [6, 6.07) is 3.70. The molecule has 18 heavy (non-hydrogen) atoms. The third kappa shape index (κ3) is 4.95. The Kier molecular flexibility index (Phi) is 4.83. The minimum Gasteiger partial charge on any atom is -0.481 e. The molecule has 98 valence electrons. The first kappa shape index (κ1) is 14.2. The van der Waals surface area contributed by atoms with E-state index in [1.54, 1.807) is 13.0 Å².